The Morgan fingerprint density at radius 3 is 2.51 bits per heavy atom. The van der Waals surface area contributed by atoms with E-state index in [1.165, 1.54) is 0 Å². The van der Waals surface area contributed by atoms with Crippen molar-refractivity contribution in [3.8, 4) is 0 Å². The molecule has 1 unspecified atom stereocenters. The van der Waals surface area contributed by atoms with Crippen molar-refractivity contribution in [1.82, 2.24) is 30.9 Å². The molecular weight excluding hydrogens is 534 g/mol. The van der Waals surface area contributed by atoms with Crippen LogP contribution in [0.2, 0.25) is 0 Å². The highest BCUT2D eigenvalue weighted by Crippen LogP contribution is 2.45. The van der Waals surface area contributed by atoms with E-state index in [0.29, 0.717) is 24.0 Å². The summed E-state index contributed by atoms with van der Waals surface area (Å²) in [5, 5.41) is 13.7. The number of alkyl halides is 2. The Hall–Kier alpha value is -3.41. The number of aromatic amines is 1. The van der Waals surface area contributed by atoms with Gasteiger partial charge in [-0.25, -0.2) is 18.4 Å². The van der Waals surface area contributed by atoms with Crippen LogP contribution in [0.3, 0.4) is 0 Å². The third kappa shape index (κ3) is 6.12. The first kappa shape index (κ1) is 27.7. The number of halogens is 2. The molecule has 3 aromatic rings. The van der Waals surface area contributed by atoms with E-state index in [1.54, 1.807) is 6.92 Å². The summed E-state index contributed by atoms with van der Waals surface area (Å²) in [6, 6.07) is 5.25. The number of nitrogens with zero attached hydrogens (tertiary/aromatic N) is 3. The first-order valence-electron chi connectivity index (χ1n) is 14.4. The monoisotopic (exact) mass is 570 g/mol. The first-order valence-corrected chi connectivity index (χ1v) is 14.4. The molecule has 220 valence electrons. The van der Waals surface area contributed by atoms with Crippen LogP contribution in [0.1, 0.15) is 98.4 Å². The summed E-state index contributed by atoms with van der Waals surface area (Å²) in [5.41, 5.74) is 2.67. The number of aromatic nitrogens is 4. The lowest BCUT2D eigenvalue weighted by molar-refractivity contribution is -0.134. The van der Waals surface area contributed by atoms with E-state index in [2.05, 4.69) is 25.9 Å². The summed E-state index contributed by atoms with van der Waals surface area (Å²) in [7, 11) is 0. The Morgan fingerprint density at radius 1 is 1.07 bits per heavy atom. The van der Waals surface area contributed by atoms with E-state index in [9.17, 15) is 18.4 Å². The number of amides is 2. The molecule has 3 atom stereocenters. The van der Waals surface area contributed by atoms with E-state index < -0.39 is 12.0 Å². The quantitative estimate of drug-likeness (QED) is 0.332. The predicted molar refractivity (Wildman–Crippen MR) is 144 cm³/mol. The molecule has 1 aromatic carbocycles. The maximum absolute atomic E-state index is 13.2. The number of fused-ring (bicyclic) bond motifs is 1. The maximum Gasteiger partial charge on any atom is 0.276 e. The third-order valence-electron chi connectivity index (χ3n) is 8.60. The van der Waals surface area contributed by atoms with Gasteiger partial charge < -0.3 is 20.4 Å². The van der Waals surface area contributed by atoms with Gasteiger partial charge in [0, 0.05) is 25.9 Å². The number of benzene rings is 1. The molecule has 2 aliphatic carbocycles. The molecule has 3 aliphatic rings. The van der Waals surface area contributed by atoms with Crippen molar-refractivity contribution in [3.63, 3.8) is 0 Å². The van der Waals surface area contributed by atoms with Gasteiger partial charge in [-0.2, -0.15) is 0 Å². The summed E-state index contributed by atoms with van der Waals surface area (Å²) in [6.45, 7) is 6.31. The minimum Gasteiger partial charge on any atom is -0.376 e. The topological polar surface area (TPSA) is 135 Å². The van der Waals surface area contributed by atoms with Crippen LogP contribution in [-0.4, -0.2) is 50.2 Å². The molecule has 12 heteroatoms. The number of hydrogen-bond acceptors (Lipinski definition) is 7. The molecule has 3 fully saturated rings. The second-order valence-electron chi connectivity index (χ2n) is 12.6. The van der Waals surface area contributed by atoms with Crippen LogP contribution in [-0.2, 0) is 9.53 Å². The number of carbonyl (C=O) groups excluding carboxylic acids is 2. The average molecular weight is 571 g/mol. The van der Waals surface area contributed by atoms with E-state index in [0.717, 1.165) is 42.3 Å². The van der Waals surface area contributed by atoms with Gasteiger partial charge in [-0.3, -0.25) is 9.59 Å². The molecule has 2 amide bonds. The third-order valence-corrected chi connectivity index (χ3v) is 8.60. The van der Waals surface area contributed by atoms with Crippen LogP contribution in [0.25, 0.3) is 11.0 Å². The molecule has 3 heterocycles. The number of rotatable bonds is 9. The van der Waals surface area contributed by atoms with Crippen molar-refractivity contribution in [3.05, 3.63) is 41.0 Å². The maximum atomic E-state index is 13.2. The standard InChI is InChI=1S/C29H36F2N6O4/c1-15-23(37-41-36-15)27(39)35-25(19-8-9-40-28(2,3)14-19)26-32-20-7-6-18(11-21(20)33-26)24(17-4-5-17)34-22(38)10-16-12-29(30,31)13-16/h6-7,11,16-17,19,24-25H,4-5,8-10,12-14H2,1-3H3,(H,32,33)(H,34,38)(H,35,39)/t19-,24+,25?/m0/s1. The zero-order chi connectivity index (χ0) is 28.9. The minimum atomic E-state index is -2.63. The number of ether oxygens (including phenoxy) is 1. The van der Waals surface area contributed by atoms with Gasteiger partial charge in [-0.1, -0.05) is 11.2 Å². The molecule has 3 N–H and O–H groups in total. The van der Waals surface area contributed by atoms with Crippen LogP contribution in [0.4, 0.5) is 8.78 Å². The van der Waals surface area contributed by atoms with Crippen LogP contribution in [0.5, 0.6) is 0 Å². The second-order valence-corrected chi connectivity index (χ2v) is 12.6. The van der Waals surface area contributed by atoms with Gasteiger partial charge in [-0.05, 0) is 87.1 Å². The second kappa shape index (κ2) is 10.5. The highest BCUT2D eigenvalue weighted by Gasteiger charge is 2.46. The molecule has 0 radical (unpaired) electrons. The Bertz CT molecular complexity index is 1440. The van der Waals surface area contributed by atoms with E-state index in [1.807, 2.05) is 32.0 Å². The molecule has 0 bridgehead atoms. The van der Waals surface area contributed by atoms with Gasteiger partial charge in [0.15, 0.2) is 5.69 Å². The highest BCUT2D eigenvalue weighted by atomic mass is 19.3. The number of aryl methyl sites for hydroxylation is 1. The van der Waals surface area contributed by atoms with Crippen LogP contribution in [0.15, 0.2) is 22.8 Å². The fraction of sp³-hybridized carbons (Fsp3) is 0.621. The summed E-state index contributed by atoms with van der Waals surface area (Å²) in [6.07, 6.45) is 3.16. The zero-order valence-electron chi connectivity index (χ0n) is 23.5. The smallest absolute Gasteiger partial charge is 0.276 e. The molecule has 6 rings (SSSR count). The van der Waals surface area contributed by atoms with Gasteiger partial charge in [0.25, 0.3) is 5.91 Å². The van der Waals surface area contributed by atoms with Crippen molar-refractivity contribution in [2.75, 3.05) is 6.61 Å². The largest absolute Gasteiger partial charge is 0.376 e. The summed E-state index contributed by atoms with van der Waals surface area (Å²) in [5.74, 6) is -2.47. The molecular formula is C29H36F2N6O4. The normalized spacial score (nSPS) is 23.5. The molecule has 2 saturated carbocycles. The fourth-order valence-electron chi connectivity index (χ4n) is 6.33. The SMILES string of the molecule is Cc1nonc1C(=O)NC(c1nc2ccc([C@H](NC(=O)CC3CC(F)(F)C3)C3CC3)cc2[nH]1)[C@H]1CCOC(C)(C)C1. The van der Waals surface area contributed by atoms with Crippen molar-refractivity contribution in [1.29, 1.82) is 0 Å². The van der Waals surface area contributed by atoms with Crippen LogP contribution < -0.4 is 10.6 Å². The van der Waals surface area contributed by atoms with Gasteiger partial charge in [0.1, 0.15) is 11.5 Å². The minimum absolute atomic E-state index is 0.0558. The van der Waals surface area contributed by atoms with Crippen LogP contribution >= 0.6 is 0 Å². The number of nitrogens with one attached hydrogen (secondary N) is 3. The van der Waals surface area contributed by atoms with Crippen molar-refractivity contribution in [2.45, 2.75) is 89.3 Å². The van der Waals surface area contributed by atoms with Crippen LogP contribution in [0, 0.1) is 24.7 Å². The van der Waals surface area contributed by atoms with Gasteiger partial charge in [0.05, 0.1) is 28.7 Å². The number of H-pyrrole nitrogens is 1. The molecule has 1 aliphatic heterocycles. The number of imidazole rings is 1. The Balaban J connectivity index is 1.24. The van der Waals surface area contributed by atoms with E-state index >= 15 is 0 Å². The number of hydrogen-bond donors (Lipinski definition) is 3. The first-order chi connectivity index (χ1) is 19.5. The Labute approximate surface area is 236 Å². The lowest BCUT2D eigenvalue weighted by atomic mass is 9.79. The molecule has 2 aromatic heterocycles. The lowest BCUT2D eigenvalue weighted by Crippen LogP contribution is -2.42. The van der Waals surface area contributed by atoms with E-state index in [-0.39, 0.29) is 60.2 Å². The Morgan fingerprint density at radius 2 is 1.85 bits per heavy atom. The molecule has 0 spiro atoms. The molecule has 10 nitrogen and oxygen atoms in total. The average Bonchev–Trinajstić information content (AvgIpc) is 3.49. The van der Waals surface area contributed by atoms with Crippen molar-refractivity contribution in [2.24, 2.45) is 17.8 Å². The summed E-state index contributed by atoms with van der Waals surface area (Å²) >= 11 is 0. The fourth-order valence-corrected chi connectivity index (χ4v) is 6.33. The summed E-state index contributed by atoms with van der Waals surface area (Å²) < 4.78 is 37.2. The zero-order valence-corrected chi connectivity index (χ0v) is 23.5. The molecule has 1 saturated heterocycles. The predicted octanol–water partition coefficient (Wildman–Crippen LogP) is 4.93. The molecule has 41 heavy (non-hydrogen) atoms. The van der Waals surface area contributed by atoms with Gasteiger partial charge in [0.2, 0.25) is 11.8 Å². The number of carbonyl (C=O) groups is 2. The van der Waals surface area contributed by atoms with Crippen molar-refractivity contribution < 1.29 is 27.7 Å². The lowest BCUT2D eigenvalue weighted by Gasteiger charge is -2.38. The van der Waals surface area contributed by atoms with Crippen molar-refractivity contribution >= 4 is 22.8 Å². The Kier molecular flexibility index (Phi) is 7.07. The van der Waals surface area contributed by atoms with Gasteiger partial charge >= 0.3 is 0 Å². The summed E-state index contributed by atoms with van der Waals surface area (Å²) in [4.78, 5) is 34.2. The van der Waals surface area contributed by atoms with Gasteiger partial charge in [-0.15, -0.1) is 0 Å². The highest BCUT2D eigenvalue weighted by molar-refractivity contribution is 5.93. The van der Waals surface area contributed by atoms with E-state index in [4.69, 9.17) is 14.3 Å².